The van der Waals surface area contributed by atoms with Crippen molar-refractivity contribution < 1.29 is 18.0 Å². The van der Waals surface area contributed by atoms with Gasteiger partial charge in [0.25, 0.3) is 0 Å². The monoisotopic (exact) mass is 611 g/mol. The predicted molar refractivity (Wildman–Crippen MR) is 171 cm³/mol. The van der Waals surface area contributed by atoms with Gasteiger partial charge in [0.2, 0.25) is 21.8 Å². The summed E-state index contributed by atoms with van der Waals surface area (Å²) in [4.78, 5) is 29.3. The van der Waals surface area contributed by atoms with E-state index in [0.29, 0.717) is 17.3 Å². The molecule has 226 valence electrons. The van der Waals surface area contributed by atoms with E-state index in [0.717, 1.165) is 40.1 Å². The SMILES string of the molecule is CCCCNC(=O)C(Cc1ccccc1)N(Cc1ccc(Cl)cc1)C(=O)CN(c1ccc(C(C)(C)C)cc1)S(C)(=O)=O. The lowest BCUT2D eigenvalue weighted by molar-refractivity contribution is -0.140. The van der Waals surface area contributed by atoms with E-state index in [9.17, 15) is 18.0 Å². The summed E-state index contributed by atoms with van der Waals surface area (Å²) in [5.41, 5.74) is 2.97. The summed E-state index contributed by atoms with van der Waals surface area (Å²) in [6.07, 6.45) is 3.08. The first-order valence-electron chi connectivity index (χ1n) is 14.2. The molecule has 0 spiro atoms. The van der Waals surface area contributed by atoms with Gasteiger partial charge in [-0.25, -0.2) is 8.42 Å². The van der Waals surface area contributed by atoms with E-state index in [1.54, 1.807) is 36.4 Å². The van der Waals surface area contributed by atoms with Crippen LogP contribution in [0.3, 0.4) is 0 Å². The Morgan fingerprint density at radius 2 is 1.52 bits per heavy atom. The summed E-state index contributed by atoms with van der Waals surface area (Å²) >= 11 is 6.11. The second-order valence-electron chi connectivity index (χ2n) is 11.6. The van der Waals surface area contributed by atoms with Crippen molar-refractivity contribution in [3.05, 3.63) is 101 Å². The lowest BCUT2D eigenvalue weighted by Gasteiger charge is -2.33. The van der Waals surface area contributed by atoms with Crippen LogP contribution in [0.1, 0.15) is 57.2 Å². The summed E-state index contributed by atoms with van der Waals surface area (Å²) in [5, 5.41) is 3.54. The molecule has 3 aromatic carbocycles. The van der Waals surface area contributed by atoms with Crippen molar-refractivity contribution in [2.24, 2.45) is 0 Å². The zero-order valence-corrected chi connectivity index (χ0v) is 26.7. The second-order valence-corrected chi connectivity index (χ2v) is 13.9. The van der Waals surface area contributed by atoms with Crippen LogP contribution < -0.4 is 9.62 Å². The topological polar surface area (TPSA) is 86.8 Å². The van der Waals surface area contributed by atoms with Crippen LogP contribution >= 0.6 is 11.6 Å². The number of anilines is 1. The molecule has 42 heavy (non-hydrogen) atoms. The molecule has 0 aliphatic carbocycles. The summed E-state index contributed by atoms with van der Waals surface area (Å²) < 4.78 is 27.1. The number of benzene rings is 3. The number of nitrogens with one attached hydrogen (secondary N) is 1. The lowest BCUT2D eigenvalue weighted by atomic mass is 9.87. The van der Waals surface area contributed by atoms with Crippen LogP contribution in [0.25, 0.3) is 0 Å². The number of hydrogen-bond acceptors (Lipinski definition) is 4. The summed E-state index contributed by atoms with van der Waals surface area (Å²) in [6.45, 7) is 8.41. The molecule has 0 bridgehead atoms. The number of unbranched alkanes of at least 4 members (excludes halogenated alkanes) is 1. The third-order valence-corrected chi connectivity index (χ3v) is 8.46. The first kappa shape index (κ1) is 33.1. The number of hydrogen-bond donors (Lipinski definition) is 1. The molecule has 0 aliphatic heterocycles. The van der Waals surface area contributed by atoms with Crippen LogP contribution in [0.2, 0.25) is 5.02 Å². The second kappa shape index (κ2) is 14.7. The quantitative estimate of drug-likeness (QED) is 0.242. The maximum absolute atomic E-state index is 14.2. The molecule has 0 aromatic heterocycles. The van der Waals surface area contributed by atoms with Gasteiger partial charge in [-0.1, -0.05) is 100 Å². The van der Waals surface area contributed by atoms with Gasteiger partial charge in [0.15, 0.2) is 0 Å². The van der Waals surface area contributed by atoms with Crippen LogP contribution in [-0.4, -0.2) is 50.5 Å². The van der Waals surface area contributed by atoms with E-state index < -0.39 is 28.5 Å². The summed E-state index contributed by atoms with van der Waals surface area (Å²) in [7, 11) is -3.83. The van der Waals surface area contributed by atoms with Crippen molar-refractivity contribution in [3.63, 3.8) is 0 Å². The van der Waals surface area contributed by atoms with E-state index in [4.69, 9.17) is 11.6 Å². The van der Waals surface area contributed by atoms with Crippen molar-refractivity contribution in [3.8, 4) is 0 Å². The van der Waals surface area contributed by atoms with E-state index in [1.165, 1.54) is 4.90 Å². The highest BCUT2D eigenvalue weighted by atomic mass is 35.5. The Morgan fingerprint density at radius 1 is 0.905 bits per heavy atom. The molecule has 3 rings (SSSR count). The van der Waals surface area contributed by atoms with Crippen LogP contribution in [0, 0.1) is 0 Å². The normalized spacial score (nSPS) is 12.4. The zero-order chi connectivity index (χ0) is 30.9. The molecule has 7 nitrogen and oxygen atoms in total. The molecule has 3 aromatic rings. The van der Waals surface area contributed by atoms with Gasteiger partial charge in [-0.05, 0) is 52.8 Å². The first-order valence-corrected chi connectivity index (χ1v) is 16.5. The van der Waals surface area contributed by atoms with Gasteiger partial charge in [0.05, 0.1) is 11.9 Å². The number of carbonyl (C=O) groups excluding carboxylic acids is 2. The number of carbonyl (C=O) groups is 2. The van der Waals surface area contributed by atoms with Gasteiger partial charge in [0, 0.05) is 24.5 Å². The minimum absolute atomic E-state index is 0.106. The number of nitrogens with zero attached hydrogens (tertiary/aromatic N) is 2. The van der Waals surface area contributed by atoms with Gasteiger partial charge in [-0.2, -0.15) is 0 Å². The van der Waals surface area contributed by atoms with Crippen LogP contribution in [-0.2, 0) is 38.0 Å². The Bertz CT molecular complexity index is 1420. The third-order valence-electron chi connectivity index (χ3n) is 7.07. The fourth-order valence-corrected chi connectivity index (χ4v) is 5.56. The molecule has 0 fully saturated rings. The van der Waals surface area contributed by atoms with E-state index in [2.05, 4.69) is 26.1 Å². The number of sulfonamides is 1. The number of rotatable bonds is 13. The van der Waals surface area contributed by atoms with Crippen molar-refractivity contribution >= 4 is 39.1 Å². The third kappa shape index (κ3) is 9.60. The van der Waals surface area contributed by atoms with E-state index in [1.807, 2.05) is 49.4 Å². The molecule has 1 unspecified atom stereocenters. The predicted octanol–water partition coefficient (Wildman–Crippen LogP) is 5.96. The molecule has 2 amide bonds. The maximum Gasteiger partial charge on any atom is 0.244 e. The van der Waals surface area contributed by atoms with Crippen LogP contribution in [0.5, 0.6) is 0 Å². The molecule has 0 saturated carbocycles. The number of halogens is 1. The average molecular weight is 612 g/mol. The Morgan fingerprint density at radius 3 is 2.07 bits per heavy atom. The molecular weight excluding hydrogens is 570 g/mol. The Balaban J connectivity index is 2.02. The highest BCUT2D eigenvalue weighted by molar-refractivity contribution is 7.92. The van der Waals surface area contributed by atoms with Crippen LogP contribution in [0.4, 0.5) is 5.69 Å². The molecule has 1 N–H and O–H groups in total. The average Bonchev–Trinajstić information content (AvgIpc) is 2.94. The maximum atomic E-state index is 14.2. The van der Waals surface area contributed by atoms with Crippen molar-refractivity contribution in [2.45, 2.75) is 65.0 Å². The van der Waals surface area contributed by atoms with Gasteiger partial charge in [-0.15, -0.1) is 0 Å². The van der Waals surface area contributed by atoms with E-state index >= 15 is 0 Å². The van der Waals surface area contributed by atoms with Gasteiger partial charge in [-0.3, -0.25) is 13.9 Å². The molecule has 0 radical (unpaired) electrons. The minimum Gasteiger partial charge on any atom is -0.354 e. The van der Waals surface area contributed by atoms with Crippen molar-refractivity contribution in [1.82, 2.24) is 10.2 Å². The molecule has 9 heteroatoms. The zero-order valence-electron chi connectivity index (χ0n) is 25.1. The molecule has 0 heterocycles. The first-order chi connectivity index (χ1) is 19.8. The van der Waals surface area contributed by atoms with Crippen molar-refractivity contribution in [1.29, 1.82) is 0 Å². The molecule has 0 aliphatic rings. The van der Waals surface area contributed by atoms with Gasteiger partial charge in [0.1, 0.15) is 12.6 Å². The Kier molecular flexibility index (Phi) is 11.6. The van der Waals surface area contributed by atoms with Gasteiger partial charge >= 0.3 is 0 Å². The molecule has 0 saturated heterocycles. The highest BCUT2D eigenvalue weighted by Gasteiger charge is 2.33. The molecule has 1 atom stereocenters. The highest BCUT2D eigenvalue weighted by Crippen LogP contribution is 2.26. The van der Waals surface area contributed by atoms with E-state index in [-0.39, 0.29) is 24.3 Å². The fourth-order valence-electron chi connectivity index (χ4n) is 4.59. The smallest absolute Gasteiger partial charge is 0.244 e. The van der Waals surface area contributed by atoms with Crippen molar-refractivity contribution in [2.75, 3.05) is 23.7 Å². The Labute approximate surface area is 255 Å². The minimum atomic E-state index is -3.83. The summed E-state index contributed by atoms with van der Waals surface area (Å²) in [5.74, 6) is -0.767. The number of amides is 2. The largest absolute Gasteiger partial charge is 0.354 e. The Hall–Kier alpha value is -3.36. The van der Waals surface area contributed by atoms with Crippen LogP contribution in [0.15, 0.2) is 78.9 Å². The lowest BCUT2D eigenvalue weighted by Crippen LogP contribution is -2.53. The fraction of sp³-hybridized carbons (Fsp3) is 0.394. The molecular formula is C33H42ClN3O4S. The van der Waals surface area contributed by atoms with Gasteiger partial charge < -0.3 is 10.2 Å². The standard InChI is InChI=1S/C33H42ClN3O4S/c1-6-7-21-35-32(39)30(22-25-11-9-8-10-12-25)36(23-26-13-17-28(34)18-14-26)31(38)24-37(42(5,40)41)29-19-15-27(16-20-29)33(2,3)4/h8-20,30H,6-7,21-24H2,1-5H3,(H,35,39). The summed E-state index contributed by atoms with van der Waals surface area (Å²) in [6, 6.07) is 22.9.